The lowest BCUT2D eigenvalue weighted by atomic mass is 9.98. The van der Waals surface area contributed by atoms with Gasteiger partial charge in [-0.05, 0) is 31.4 Å². The van der Waals surface area contributed by atoms with Gasteiger partial charge in [-0.15, -0.1) is 0 Å². The fraction of sp³-hybridized carbons (Fsp3) is 0.533. The molecule has 1 aromatic rings. The Labute approximate surface area is 113 Å². The van der Waals surface area contributed by atoms with Gasteiger partial charge in [0.05, 0.1) is 12.5 Å². The van der Waals surface area contributed by atoms with Gasteiger partial charge in [-0.3, -0.25) is 4.79 Å². The van der Waals surface area contributed by atoms with Crippen molar-refractivity contribution < 1.29 is 19.4 Å². The summed E-state index contributed by atoms with van der Waals surface area (Å²) in [6.45, 7) is 6.03. The van der Waals surface area contributed by atoms with Crippen LogP contribution in [0.2, 0.25) is 0 Å². The van der Waals surface area contributed by atoms with Crippen LogP contribution in [-0.2, 0) is 20.7 Å². The first kappa shape index (κ1) is 14.0. The van der Waals surface area contributed by atoms with Crippen LogP contribution in [0.5, 0.6) is 0 Å². The van der Waals surface area contributed by atoms with Crippen LogP contribution in [0.4, 0.5) is 0 Å². The minimum Gasteiger partial charge on any atom is -0.481 e. The lowest BCUT2D eigenvalue weighted by Gasteiger charge is -2.17. The highest BCUT2D eigenvalue weighted by Crippen LogP contribution is 2.33. The summed E-state index contributed by atoms with van der Waals surface area (Å²) in [7, 11) is 0. The molecule has 2 unspecified atom stereocenters. The summed E-state index contributed by atoms with van der Waals surface area (Å²) in [4.78, 5) is 10.9. The van der Waals surface area contributed by atoms with E-state index in [1.54, 1.807) is 6.92 Å². The standard InChI is InChI=1S/C15H20O4/c1-10(14(16)17)7-11-5-4-6-12(8-11)13-9-18-15(2,3)19-13/h4-6,8,10,13H,7,9H2,1-3H3,(H,16,17). The minimum absolute atomic E-state index is 0.0740. The molecule has 4 nitrogen and oxygen atoms in total. The third-order valence-corrected chi connectivity index (χ3v) is 3.29. The Bertz CT molecular complexity index is 467. The zero-order valence-corrected chi connectivity index (χ0v) is 11.6. The summed E-state index contributed by atoms with van der Waals surface area (Å²) in [5.41, 5.74) is 2.06. The van der Waals surface area contributed by atoms with Gasteiger partial charge in [0, 0.05) is 0 Å². The highest BCUT2D eigenvalue weighted by Gasteiger charge is 2.33. The number of hydrogen-bond acceptors (Lipinski definition) is 3. The van der Waals surface area contributed by atoms with E-state index in [-0.39, 0.29) is 12.0 Å². The van der Waals surface area contributed by atoms with Crippen LogP contribution >= 0.6 is 0 Å². The molecule has 0 aliphatic carbocycles. The summed E-state index contributed by atoms with van der Waals surface area (Å²) in [5.74, 6) is -1.70. The molecule has 2 atom stereocenters. The molecule has 4 heteroatoms. The molecule has 1 N–H and O–H groups in total. The zero-order chi connectivity index (χ0) is 14.0. The van der Waals surface area contributed by atoms with Crippen molar-refractivity contribution in [2.24, 2.45) is 5.92 Å². The molecule has 1 aliphatic heterocycles. The van der Waals surface area contributed by atoms with E-state index in [1.807, 2.05) is 38.1 Å². The molecule has 1 aromatic carbocycles. The van der Waals surface area contributed by atoms with Gasteiger partial charge >= 0.3 is 5.97 Å². The summed E-state index contributed by atoms with van der Waals surface area (Å²) < 4.78 is 11.4. The van der Waals surface area contributed by atoms with Crippen LogP contribution in [0.15, 0.2) is 24.3 Å². The number of carboxylic acid groups (broad SMARTS) is 1. The lowest BCUT2D eigenvalue weighted by Crippen LogP contribution is -2.19. The molecule has 0 amide bonds. The Kier molecular flexibility index (Phi) is 3.92. The molecular formula is C15H20O4. The molecule has 104 valence electrons. The Morgan fingerprint density at radius 3 is 2.84 bits per heavy atom. The zero-order valence-electron chi connectivity index (χ0n) is 11.6. The second-order valence-electron chi connectivity index (χ2n) is 5.51. The Morgan fingerprint density at radius 2 is 2.26 bits per heavy atom. The average molecular weight is 264 g/mol. The molecule has 19 heavy (non-hydrogen) atoms. The van der Waals surface area contributed by atoms with Crippen molar-refractivity contribution in [2.75, 3.05) is 6.61 Å². The first-order valence-corrected chi connectivity index (χ1v) is 6.51. The van der Waals surface area contributed by atoms with Crippen LogP contribution in [0, 0.1) is 5.92 Å². The molecule has 2 rings (SSSR count). The highest BCUT2D eigenvalue weighted by atomic mass is 16.7. The van der Waals surface area contributed by atoms with Gasteiger partial charge in [0.15, 0.2) is 5.79 Å². The van der Waals surface area contributed by atoms with E-state index >= 15 is 0 Å². The van der Waals surface area contributed by atoms with Gasteiger partial charge in [0.25, 0.3) is 0 Å². The number of ether oxygens (including phenoxy) is 2. The fourth-order valence-electron chi connectivity index (χ4n) is 2.21. The van der Waals surface area contributed by atoms with E-state index in [0.717, 1.165) is 11.1 Å². The maximum atomic E-state index is 10.9. The maximum absolute atomic E-state index is 10.9. The van der Waals surface area contributed by atoms with Gasteiger partial charge in [0.1, 0.15) is 6.10 Å². The molecule has 1 saturated heterocycles. The molecule has 0 aromatic heterocycles. The Balaban J connectivity index is 2.09. The molecule has 1 aliphatic rings. The summed E-state index contributed by atoms with van der Waals surface area (Å²) in [6, 6.07) is 7.89. The SMILES string of the molecule is CC(Cc1cccc(C2COC(C)(C)O2)c1)C(=O)O. The largest absolute Gasteiger partial charge is 0.481 e. The van der Waals surface area contributed by atoms with Gasteiger partial charge < -0.3 is 14.6 Å². The van der Waals surface area contributed by atoms with Gasteiger partial charge in [0.2, 0.25) is 0 Å². The fourth-order valence-corrected chi connectivity index (χ4v) is 2.21. The predicted molar refractivity (Wildman–Crippen MR) is 70.8 cm³/mol. The highest BCUT2D eigenvalue weighted by molar-refractivity contribution is 5.69. The van der Waals surface area contributed by atoms with E-state index in [2.05, 4.69) is 0 Å². The molecule has 0 saturated carbocycles. The number of rotatable bonds is 4. The molecular weight excluding hydrogens is 244 g/mol. The molecule has 1 heterocycles. The monoisotopic (exact) mass is 264 g/mol. The summed E-state index contributed by atoms with van der Waals surface area (Å²) in [5, 5.41) is 8.95. The minimum atomic E-state index is -0.771. The van der Waals surface area contributed by atoms with E-state index < -0.39 is 11.8 Å². The lowest BCUT2D eigenvalue weighted by molar-refractivity contribution is -0.141. The van der Waals surface area contributed by atoms with Crippen molar-refractivity contribution in [3.63, 3.8) is 0 Å². The Morgan fingerprint density at radius 1 is 1.53 bits per heavy atom. The van der Waals surface area contributed by atoms with Crippen LogP contribution in [0.3, 0.4) is 0 Å². The second kappa shape index (κ2) is 5.31. The Hall–Kier alpha value is -1.39. The van der Waals surface area contributed by atoms with Gasteiger partial charge in [-0.25, -0.2) is 0 Å². The van der Waals surface area contributed by atoms with E-state index in [9.17, 15) is 4.79 Å². The van der Waals surface area contributed by atoms with Crippen LogP contribution < -0.4 is 0 Å². The third kappa shape index (κ3) is 3.55. The average Bonchev–Trinajstić information content (AvgIpc) is 2.70. The summed E-state index contributed by atoms with van der Waals surface area (Å²) >= 11 is 0. The van der Waals surface area contributed by atoms with Gasteiger partial charge in [-0.2, -0.15) is 0 Å². The molecule has 0 radical (unpaired) electrons. The van der Waals surface area contributed by atoms with E-state index in [1.165, 1.54) is 0 Å². The second-order valence-corrected chi connectivity index (χ2v) is 5.51. The van der Waals surface area contributed by atoms with Crippen molar-refractivity contribution in [3.05, 3.63) is 35.4 Å². The van der Waals surface area contributed by atoms with Gasteiger partial charge in [-0.1, -0.05) is 31.2 Å². The first-order valence-electron chi connectivity index (χ1n) is 6.51. The smallest absolute Gasteiger partial charge is 0.306 e. The van der Waals surface area contributed by atoms with Crippen molar-refractivity contribution in [3.8, 4) is 0 Å². The number of aliphatic carboxylic acids is 1. The molecule has 1 fully saturated rings. The first-order chi connectivity index (χ1) is 8.87. The molecule has 0 bridgehead atoms. The van der Waals surface area contributed by atoms with Crippen molar-refractivity contribution in [2.45, 2.75) is 39.1 Å². The van der Waals surface area contributed by atoms with Crippen molar-refractivity contribution in [1.82, 2.24) is 0 Å². The number of carbonyl (C=O) groups is 1. The number of benzene rings is 1. The number of hydrogen-bond donors (Lipinski definition) is 1. The third-order valence-electron chi connectivity index (χ3n) is 3.29. The van der Waals surface area contributed by atoms with Crippen LogP contribution in [0.1, 0.15) is 38.0 Å². The van der Waals surface area contributed by atoms with E-state index in [0.29, 0.717) is 13.0 Å². The van der Waals surface area contributed by atoms with E-state index in [4.69, 9.17) is 14.6 Å². The maximum Gasteiger partial charge on any atom is 0.306 e. The quantitative estimate of drug-likeness (QED) is 0.908. The van der Waals surface area contributed by atoms with Crippen molar-refractivity contribution in [1.29, 1.82) is 0 Å². The number of carboxylic acids is 1. The summed E-state index contributed by atoms with van der Waals surface area (Å²) in [6.07, 6.45) is 0.454. The topological polar surface area (TPSA) is 55.8 Å². The molecule has 0 spiro atoms. The normalized spacial score (nSPS) is 23.2. The van der Waals surface area contributed by atoms with Crippen LogP contribution in [-0.4, -0.2) is 23.5 Å². The van der Waals surface area contributed by atoms with Crippen molar-refractivity contribution >= 4 is 5.97 Å². The predicted octanol–water partition coefficient (Wildman–Crippen LogP) is 2.77. The van der Waals surface area contributed by atoms with Crippen LogP contribution in [0.25, 0.3) is 0 Å².